The van der Waals surface area contributed by atoms with Gasteiger partial charge in [-0.1, -0.05) is 37.3 Å². The van der Waals surface area contributed by atoms with E-state index in [-0.39, 0.29) is 11.9 Å². The lowest BCUT2D eigenvalue weighted by molar-refractivity contribution is -0.122. The second kappa shape index (κ2) is 6.38. The van der Waals surface area contributed by atoms with Crippen LogP contribution < -0.4 is 5.32 Å². The average molecular weight is 256 g/mol. The molecule has 0 aliphatic heterocycles. The molecule has 1 fully saturated rings. The van der Waals surface area contributed by atoms with Crippen LogP contribution in [0.5, 0.6) is 0 Å². The van der Waals surface area contributed by atoms with Crippen molar-refractivity contribution >= 4 is 5.91 Å². The van der Waals surface area contributed by atoms with E-state index in [1.165, 1.54) is 0 Å². The van der Waals surface area contributed by atoms with Gasteiger partial charge in [-0.05, 0) is 37.2 Å². The molecular formula is C16H20N2O. The summed E-state index contributed by atoms with van der Waals surface area (Å²) >= 11 is 0. The lowest BCUT2D eigenvalue weighted by Crippen LogP contribution is -2.39. The topological polar surface area (TPSA) is 52.9 Å². The number of hydrogen-bond donors (Lipinski definition) is 1. The molecule has 1 N–H and O–H groups in total. The summed E-state index contributed by atoms with van der Waals surface area (Å²) in [6.07, 6.45) is 4.38. The van der Waals surface area contributed by atoms with E-state index in [0.29, 0.717) is 0 Å². The third kappa shape index (κ3) is 3.57. The SMILES string of the molecule is CC1CCC(NC(=O)C(C#N)c2ccccc2)CC1. The maximum absolute atomic E-state index is 12.2. The zero-order valence-corrected chi connectivity index (χ0v) is 11.3. The molecule has 0 aromatic heterocycles. The Balaban J connectivity index is 1.97. The fourth-order valence-electron chi connectivity index (χ4n) is 2.62. The van der Waals surface area contributed by atoms with Crippen LogP contribution >= 0.6 is 0 Å². The van der Waals surface area contributed by atoms with E-state index < -0.39 is 5.92 Å². The smallest absolute Gasteiger partial charge is 0.242 e. The van der Waals surface area contributed by atoms with Crippen LogP contribution in [0.15, 0.2) is 30.3 Å². The second-order valence-corrected chi connectivity index (χ2v) is 5.44. The number of amides is 1. The van der Waals surface area contributed by atoms with Gasteiger partial charge in [-0.2, -0.15) is 5.26 Å². The van der Waals surface area contributed by atoms with Crippen LogP contribution in [-0.4, -0.2) is 11.9 Å². The van der Waals surface area contributed by atoms with Gasteiger partial charge in [0, 0.05) is 6.04 Å². The average Bonchev–Trinajstić information content (AvgIpc) is 2.43. The molecule has 1 aliphatic rings. The molecule has 3 nitrogen and oxygen atoms in total. The van der Waals surface area contributed by atoms with E-state index >= 15 is 0 Å². The molecule has 1 atom stereocenters. The Kier molecular flexibility index (Phi) is 4.57. The predicted octanol–water partition coefficient (Wildman–Crippen LogP) is 2.99. The quantitative estimate of drug-likeness (QED) is 0.903. The highest BCUT2D eigenvalue weighted by Crippen LogP contribution is 2.24. The van der Waals surface area contributed by atoms with Crippen molar-refractivity contribution in [3.8, 4) is 6.07 Å². The van der Waals surface area contributed by atoms with Gasteiger partial charge in [0.15, 0.2) is 0 Å². The number of carbonyl (C=O) groups excluding carboxylic acids is 1. The summed E-state index contributed by atoms with van der Waals surface area (Å²) in [5, 5.41) is 12.2. The fraction of sp³-hybridized carbons (Fsp3) is 0.500. The Morgan fingerprint density at radius 3 is 2.47 bits per heavy atom. The van der Waals surface area contributed by atoms with Crippen LogP contribution in [0.1, 0.15) is 44.1 Å². The van der Waals surface area contributed by atoms with Crippen molar-refractivity contribution in [1.29, 1.82) is 5.26 Å². The van der Waals surface area contributed by atoms with Crippen LogP contribution in [0.25, 0.3) is 0 Å². The number of rotatable bonds is 3. The van der Waals surface area contributed by atoms with Gasteiger partial charge in [0.2, 0.25) is 5.91 Å². The molecule has 1 aliphatic carbocycles. The van der Waals surface area contributed by atoms with Gasteiger partial charge in [0.05, 0.1) is 6.07 Å². The Morgan fingerprint density at radius 1 is 1.26 bits per heavy atom. The van der Waals surface area contributed by atoms with Crippen LogP contribution in [0.4, 0.5) is 0 Å². The largest absolute Gasteiger partial charge is 0.352 e. The second-order valence-electron chi connectivity index (χ2n) is 5.44. The minimum absolute atomic E-state index is 0.159. The Labute approximate surface area is 114 Å². The minimum atomic E-state index is -0.694. The van der Waals surface area contributed by atoms with Gasteiger partial charge in [-0.3, -0.25) is 4.79 Å². The molecule has 19 heavy (non-hydrogen) atoms. The summed E-state index contributed by atoms with van der Waals surface area (Å²) in [6.45, 7) is 2.25. The maximum atomic E-state index is 12.2. The standard InChI is InChI=1S/C16H20N2O/c1-12-7-9-14(10-8-12)18-16(19)15(11-17)13-5-3-2-4-6-13/h2-6,12,14-15H,7-10H2,1H3,(H,18,19). The molecule has 2 rings (SSSR count). The first-order valence-corrected chi connectivity index (χ1v) is 6.95. The van der Waals surface area contributed by atoms with Crippen molar-refractivity contribution in [2.75, 3.05) is 0 Å². The lowest BCUT2D eigenvalue weighted by Gasteiger charge is -2.27. The molecule has 0 radical (unpaired) electrons. The van der Waals surface area contributed by atoms with Gasteiger partial charge in [-0.15, -0.1) is 0 Å². The lowest BCUT2D eigenvalue weighted by atomic mass is 9.87. The van der Waals surface area contributed by atoms with Crippen LogP contribution in [0.2, 0.25) is 0 Å². The van der Waals surface area contributed by atoms with E-state index in [2.05, 4.69) is 18.3 Å². The van der Waals surface area contributed by atoms with Gasteiger partial charge in [-0.25, -0.2) is 0 Å². The Morgan fingerprint density at radius 2 is 1.89 bits per heavy atom. The number of nitrogens with zero attached hydrogens (tertiary/aromatic N) is 1. The van der Waals surface area contributed by atoms with Crippen molar-refractivity contribution in [3.05, 3.63) is 35.9 Å². The number of nitriles is 1. The van der Waals surface area contributed by atoms with Gasteiger partial charge < -0.3 is 5.32 Å². The Hall–Kier alpha value is -1.82. The summed E-state index contributed by atoms with van der Waals surface area (Å²) in [5.74, 6) is -0.0946. The summed E-state index contributed by atoms with van der Waals surface area (Å²) in [5.41, 5.74) is 0.770. The van der Waals surface area contributed by atoms with Gasteiger partial charge in [0.1, 0.15) is 5.92 Å². The number of carbonyl (C=O) groups is 1. The van der Waals surface area contributed by atoms with Crippen LogP contribution in [-0.2, 0) is 4.79 Å². The Bertz CT molecular complexity index is 455. The molecule has 1 aromatic rings. The van der Waals surface area contributed by atoms with E-state index in [1.54, 1.807) is 0 Å². The minimum Gasteiger partial charge on any atom is -0.352 e. The first-order chi connectivity index (χ1) is 9.20. The molecule has 1 saturated carbocycles. The number of nitrogens with one attached hydrogen (secondary N) is 1. The van der Waals surface area contributed by atoms with Crippen molar-refractivity contribution in [2.24, 2.45) is 5.92 Å². The van der Waals surface area contributed by atoms with Crippen molar-refractivity contribution in [3.63, 3.8) is 0 Å². The molecule has 1 amide bonds. The van der Waals surface area contributed by atoms with Crippen LogP contribution in [0, 0.1) is 17.2 Å². The highest BCUT2D eigenvalue weighted by molar-refractivity contribution is 5.86. The summed E-state index contributed by atoms with van der Waals surface area (Å²) in [6, 6.07) is 11.6. The van der Waals surface area contributed by atoms with E-state index in [1.807, 2.05) is 30.3 Å². The van der Waals surface area contributed by atoms with Gasteiger partial charge >= 0.3 is 0 Å². The molecule has 1 aromatic carbocycles. The summed E-state index contributed by atoms with van der Waals surface area (Å²) in [7, 11) is 0. The number of hydrogen-bond acceptors (Lipinski definition) is 2. The zero-order chi connectivity index (χ0) is 13.7. The van der Waals surface area contributed by atoms with Gasteiger partial charge in [0.25, 0.3) is 0 Å². The zero-order valence-electron chi connectivity index (χ0n) is 11.3. The van der Waals surface area contributed by atoms with E-state index in [4.69, 9.17) is 0 Å². The van der Waals surface area contributed by atoms with Crippen LogP contribution in [0.3, 0.4) is 0 Å². The molecular weight excluding hydrogens is 236 g/mol. The highest BCUT2D eigenvalue weighted by Gasteiger charge is 2.25. The maximum Gasteiger partial charge on any atom is 0.242 e. The first-order valence-electron chi connectivity index (χ1n) is 6.95. The predicted molar refractivity (Wildman–Crippen MR) is 74.4 cm³/mol. The molecule has 0 spiro atoms. The molecule has 0 bridgehead atoms. The molecule has 3 heteroatoms. The summed E-state index contributed by atoms with van der Waals surface area (Å²) in [4.78, 5) is 12.2. The molecule has 1 unspecified atom stereocenters. The first kappa shape index (κ1) is 13.6. The summed E-state index contributed by atoms with van der Waals surface area (Å²) < 4.78 is 0. The van der Waals surface area contributed by atoms with Crippen molar-refractivity contribution < 1.29 is 4.79 Å². The number of benzene rings is 1. The fourth-order valence-corrected chi connectivity index (χ4v) is 2.62. The third-order valence-corrected chi connectivity index (χ3v) is 3.89. The normalized spacial score (nSPS) is 24.2. The monoisotopic (exact) mass is 256 g/mol. The van der Waals surface area contributed by atoms with Crippen molar-refractivity contribution in [2.45, 2.75) is 44.6 Å². The molecule has 100 valence electrons. The molecule has 0 heterocycles. The van der Waals surface area contributed by atoms with E-state index in [9.17, 15) is 10.1 Å². The highest BCUT2D eigenvalue weighted by atomic mass is 16.1. The third-order valence-electron chi connectivity index (χ3n) is 3.89. The van der Waals surface area contributed by atoms with E-state index in [0.717, 1.165) is 37.2 Å². The molecule has 0 saturated heterocycles. The van der Waals surface area contributed by atoms with Crippen molar-refractivity contribution in [1.82, 2.24) is 5.32 Å².